The molecule has 2 aromatic carbocycles. The first kappa shape index (κ1) is 19.0. The first-order valence-corrected chi connectivity index (χ1v) is 11.1. The van der Waals surface area contributed by atoms with E-state index < -0.39 is 4.93 Å². The minimum atomic E-state index is -0.624. The largest absolute Gasteiger partial charge is 0.378 e. The first-order chi connectivity index (χ1) is 13.2. The molecule has 27 heavy (non-hydrogen) atoms. The highest BCUT2D eigenvalue weighted by Gasteiger charge is 2.56. The average Bonchev–Trinajstić information content (AvgIpc) is 3.21. The van der Waals surface area contributed by atoms with Gasteiger partial charge in [-0.1, -0.05) is 74.0 Å². The van der Waals surface area contributed by atoms with Gasteiger partial charge >= 0.3 is 0 Å². The van der Waals surface area contributed by atoms with E-state index in [0.29, 0.717) is 6.04 Å². The van der Waals surface area contributed by atoms with Gasteiger partial charge in [0.15, 0.2) is 0 Å². The van der Waals surface area contributed by atoms with Gasteiger partial charge in [-0.15, -0.1) is 11.8 Å². The SMILES string of the molecule is CCCCC1(O)SC[C@H]2[C@@H]1N(Cc1ccccc1)CN2Cc1ccccc1. The van der Waals surface area contributed by atoms with Crippen molar-refractivity contribution in [2.45, 2.75) is 56.3 Å². The molecule has 2 fully saturated rings. The van der Waals surface area contributed by atoms with Gasteiger partial charge in [-0.25, -0.2) is 0 Å². The molecule has 144 valence electrons. The van der Waals surface area contributed by atoms with Crippen LogP contribution in [0.2, 0.25) is 0 Å². The van der Waals surface area contributed by atoms with Crippen molar-refractivity contribution >= 4 is 11.8 Å². The summed E-state index contributed by atoms with van der Waals surface area (Å²) in [6, 6.07) is 22.0. The number of nitrogens with zero attached hydrogens (tertiary/aromatic N) is 2. The van der Waals surface area contributed by atoms with E-state index in [1.165, 1.54) is 11.1 Å². The van der Waals surface area contributed by atoms with Gasteiger partial charge in [-0.05, 0) is 24.0 Å². The van der Waals surface area contributed by atoms with Gasteiger partial charge in [0, 0.05) is 24.9 Å². The van der Waals surface area contributed by atoms with Gasteiger partial charge < -0.3 is 5.11 Å². The summed E-state index contributed by atoms with van der Waals surface area (Å²) in [4.78, 5) is 4.46. The third-order valence-corrected chi connectivity index (χ3v) is 7.36. The number of unbranched alkanes of at least 4 members (excludes halogenated alkanes) is 1. The summed E-state index contributed by atoms with van der Waals surface area (Å²) in [5, 5.41) is 11.5. The van der Waals surface area contributed by atoms with Crippen LogP contribution >= 0.6 is 11.8 Å². The van der Waals surface area contributed by atoms with Crippen LogP contribution in [0.15, 0.2) is 60.7 Å². The molecule has 3 atom stereocenters. The number of aliphatic hydroxyl groups is 1. The van der Waals surface area contributed by atoms with E-state index in [1.54, 1.807) is 11.8 Å². The summed E-state index contributed by atoms with van der Waals surface area (Å²) < 4.78 is 0. The predicted molar refractivity (Wildman–Crippen MR) is 113 cm³/mol. The predicted octanol–water partition coefficient (Wildman–Crippen LogP) is 4.32. The van der Waals surface area contributed by atoms with Crippen molar-refractivity contribution in [3.05, 3.63) is 71.8 Å². The molecule has 0 radical (unpaired) electrons. The normalized spacial score (nSPS) is 28.5. The minimum Gasteiger partial charge on any atom is -0.378 e. The molecule has 0 spiro atoms. The van der Waals surface area contributed by atoms with Crippen LogP contribution < -0.4 is 0 Å². The number of rotatable bonds is 7. The summed E-state index contributed by atoms with van der Waals surface area (Å²) in [6.45, 7) is 4.99. The molecular formula is C23H30N2OS. The van der Waals surface area contributed by atoms with Crippen LogP contribution in [-0.4, -0.2) is 44.3 Å². The van der Waals surface area contributed by atoms with E-state index in [1.807, 2.05) is 0 Å². The van der Waals surface area contributed by atoms with Crippen LogP contribution in [0.5, 0.6) is 0 Å². The quantitative estimate of drug-likeness (QED) is 0.771. The van der Waals surface area contributed by atoms with Crippen molar-refractivity contribution in [1.29, 1.82) is 0 Å². The van der Waals surface area contributed by atoms with E-state index in [-0.39, 0.29) is 6.04 Å². The van der Waals surface area contributed by atoms with Gasteiger partial charge in [0.2, 0.25) is 0 Å². The second-order valence-corrected chi connectivity index (χ2v) is 9.21. The third-order valence-electron chi connectivity index (χ3n) is 5.90. The second-order valence-electron chi connectivity index (χ2n) is 7.88. The van der Waals surface area contributed by atoms with Crippen LogP contribution in [0.3, 0.4) is 0 Å². The molecular weight excluding hydrogens is 352 g/mol. The summed E-state index contributed by atoms with van der Waals surface area (Å²) in [6.07, 6.45) is 3.11. The van der Waals surface area contributed by atoms with E-state index in [2.05, 4.69) is 77.4 Å². The van der Waals surface area contributed by atoms with Gasteiger partial charge in [0.25, 0.3) is 0 Å². The molecule has 2 aliphatic heterocycles. The monoisotopic (exact) mass is 382 g/mol. The van der Waals surface area contributed by atoms with Gasteiger partial charge in [-0.3, -0.25) is 9.80 Å². The van der Waals surface area contributed by atoms with Crippen molar-refractivity contribution in [3.63, 3.8) is 0 Å². The molecule has 0 saturated carbocycles. The Morgan fingerprint density at radius 2 is 1.56 bits per heavy atom. The minimum absolute atomic E-state index is 0.206. The van der Waals surface area contributed by atoms with E-state index in [4.69, 9.17) is 0 Å². The smallest absolute Gasteiger partial charge is 0.127 e. The van der Waals surface area contributed by atoms with Gasteiger partial charge in [-0.2, -0.15) is 0 Å². The maximum absolute atomic E-state index is 11.5. The highest BCUT2D eigenvalue weighted by molar-refractivity contribution is 8.00. The Bertz CT molecular complexity index is 726. The maximum atomic E-state index is 11.5. The van der Waals surface area contributed by atoms with Crippen molar-refractivity contribution in [2.24, 2.45) is 0 Å². The topological polar surface area (TPSA) is 26.7 Å². The lowest BCUT2D eigenvalue weighted by molar-refractivity contribution is 0.0358. The molecule has 0 aromatic heterocycles. The number of hydrogen-bond donors (Lipinski definition) is 1. The summed E-state index contributed by atoms with van der Waals surface area (Å²) in [5.74, 6) is 1.02. The number of hydrogen-bond acceptors (Lipinski definition) is 4. The molecule has 2 aromatic rings. The molecule has 1 N–H and O–H groups in total. The van der Waals surface area contributed by atoms with Gasteiger partial charge in [0.1, 0.15) is 4.93 Å². The summed E-state index contributed by atoms with van der Waals surface area (Å²) >= 11 is 1.78. The molecule has 0 aliphatic carbocycles. The zero-order valence-corrected chi connectivity index (χ0v) is 16.9. The number of benzene rings is 2. The lowest BCUT2D eigenvalue weighted by Gasteiger charge is -2.34. The Morgan fingerprint density at radius 1 is 0.963 bits per heavy atom. The first-order valence-electron chi connectivity index (χ1n) is 10.1. The molecule has 0 amide bonds. The maximum Gasteiger partial charge on any atom is 0.127 e. The zero-order valence-electron chi connectivity index (χ0n) is 16.1. The Morgan fingerprint density at radius 3 is 2.15 bits per heavy atom. The molecule has 1 unspecified atom stereocenters. The van der Waals surface area contributed by atoms with Crippen molar-refractivity contribution in [3.8, 4) is 0 Å². The van der Waals surface area contributed by atoms with Crippen LogP contribution in [0.25, 0.3) is 0 Å². The Kier molecular flexibility index (Phi) is 5.88. The standard InChI is InChI=1S/C23H30N2OS/c1-2-3-14-23(26)22-21(17-27-23)24(15-19-10-6-4-7-11-19)18-25(22)16-20-12-8-5-9-13-20/h4-13,21-22,26H,2-3,14-18H2,1H3/t21-,22-,23?/m0/s1. The van der Waals surface area contributed by atoms with Crippen molar-refractivity contribution < 1.29 is 5.11 Å². The molecule has 0 bridgehead atoms. The van der Waals surface area contributed by atoms with Crippen molar-refractivity contribution in [2.75, 3.05) is 12.4 Å². The van der Waals surface area contributed by atoms with Crippen molar-refractivity contribution in [1.82, 2.24) is 9.80 Å². The van der Waals surface area contributed by atoms with Crippen LogP contribution in [-0.2, 0) is 13.1 Å². The highest BCUT2D eigenvalue weighted by atomic mass is 32.2. The Hall–Kier alpha value is -1.33. The molecule has 2 heterocycles. The Balaban J connectivity index is 1.56. The molecule has 2 saturated heterocycles. The second kappa shape index (κ2) is 8.36. The van der Waals surface area contributed by atoms with Crippen LogP contribution in [0, 0.1) is 0 Å². The molecule has 3 nitrogen and oxygen atoms in total. The summed E-state index contributed by atoms with van der Waals surface area (Å²) in [5.41, 5.74) is 2.68. The fourth-order valence-corrected chi connectivity index (χ4v) is 6.19. The molecule has 4 rings (SSSR count). The summed E-state index contributed by atoms with van der Waals surface area (Å²) in [7, 11) is 0. The van der Waals surface area contributed by atoms with E-state index in [9.17, 15) is 5.11 Å². The third kappa shape index (κ3) is 4.09. The lowest BCUT2D eigenvalue weighted by atomic mass is 9.97. The van der Waals surface area contributed by atoms with Crippen LogP contribution in [0.4, 0.5) is 0 Å². The van der Waals surface area contributed by atoms with Gasteiger partial charge in [0.05, 0.1) is 12.7 Å². The molecule has 4 heteroatoms. The fourth-order valence-electron chi connectivity index (χ4n) is 4.57. The zero-order chi connectivity index (χ0) is 18.7. The van der Waals surface area contributed by atoms with E-state index >= 15 is 0 Å². The number of fused-ring (bicyclic) bond motifs is 1. The Labute approximate surface area is 167 Å². The molecule has 2 aliphatic rings. The van der Waals surface area contributed by atoms with E-state index in [0.717, 1.165) is 44.8 Å². The van der Waals surface area contributed by atoms with Crippen LogP contribution in [0.1, 0.15) is 37.3 Å². The average molecular weight is 383 g/mol. The lowest BCUT2D eigenvalue weighted by Crippen LogP contribution is -2.48. The number of thioether (sulfide) groups is 1. The highest BCUT2D eigenvalue weighted by Crippen LogP contribution is 2.48. The fraction of sp³-hybridized carbons (Fsp3) is 0.478.